The van der Waals surface area contributed by atoms with Crippen LogP contribution >= 0.6 is 15.9 Å². The van der Waals surface area contributed by atoms with E-state index in [0.29, 0.717) is 30.5 Å². The van der Waals surface area contributed by atoms with Gasteiger partial charge >= 0.3 is 0 Å². The first-order valence-electron chi connectivity index (χ1n) is 10.00. The van der Waals surface area contributed by atoms with Crippen molar-refractivity contribution in [1.29, 1.82) is 0 Å². The van der Waals surface area contributed by atoms with Crippen molar-refractivity contribution in [2.75, 3.05) is 18.0 Å². The van der Waals surface area contributed by atoms with Crippen molar-refractivity contribution in [2.24, 2.45) is 5.92 Å². The quantitative estimate of drug-likeness (QED) is 0.576. The third-order valence-electron chi connectivity index (χ3n) is 5.08. The molecule has 0 bridgehead atoms. The van der Waals surface area contributed by atoms with Crippen LogP contribution in [0.25, 0.3) is 0 Å². The van der Waals surface area contributed by atoms with Crippen molar-refractivity contribution in [3.05, 3.63) is 77.0 Å². The molecule has 7 heteroatoms. The highest BCUT2D eigenvalue weighted by molar-refractivity contribution is 9.10. The van der Waals surface area contributed by atoms with E-state index in [2.05, 4.69) is 36.1 Å². The van der Waals surface area contributed by atoms with Crippen LogP contribution in [0.3, 0.4) is 0 Å². The number of nitrogens with one attached hydrogen (secondary N) is 1. The third kappa shape index (κ3) is 5.16. The molecule has 1 fully saturated rings. The molecule has 1 aromatic heterocycles. The maximum absolute atomic E-state index is 12.8. The molecule has 1 aliphatic heterocycles. The average molecular weight is 467 g/mol. The Labute approximate surface area is 184 Å². The van der Waals surface area contributed by atoms with E-state index in [4.69, 9.17) is 4.74 Å². The predicted molar refractivity (Wildman–Crippen MR) is 119 cm³/mol. The summed E-state index contributed by atoms with van der Waals surface area (Å²) in [6, 6.07) is 17.5. The zero-order valence-corrected chi connectivity index (χ0v) is 18.1. The Bertz CT molecular complexity index is 982. The largest absolute Gasteiger partial charge is 0.436 e. The van der Waals surface area contributed by atoms with E-state index in [1.807, 2.05) is 54.6 Å². The summed E-state index contributed by atoms with van der Waals surface area (Å²) in [5.74, 6) is 1.81. The molecule has 2 heterocycles. The Morgan fingerprint density at radius 1 is 1.10 bits per heavy atom. The Hall–Kier alpha value is -2.93. The molecule has 1 amide bonds. The van der Waals surface area contributed by atoms with Gasteiger partial charge in [0, 0.05) is 36.5 Å². The van der Waals surface area contributed by atoms with Gasteiger partial charge in [0.2, 0.25) is 5.91 Å². The summed E-state index contributed by atoms with van der Waals surface area (Å²) in [5.41, 5.74) is 1.08. The molecule has 6 nitrogen and oxygen atoms in total. The fourth-order valence-electron chi connectivity index (χ4n) is 3.53. The minimum Gasteiger partial charge on any atom is -0.436 e. The van der Waals surface area contributed by atoms with Crippen molar-refractivity contribution in [1.82, 2.24) is 15.3 Å². The van der Waals surface area contributed by atoms with Crippen LogP contribution in [0.1, 0.15) is 18.4 Å². The van der Waals surface area contributed by atoms with Gasteiger partial charge in [-0.05, 0) is 42.7 Å². The average Bonchev–Trinajstić information content (AvgIpc) is 2.80. The molecule has 0 saturated carbocycles. The molecule has 1 atom stereocenters. The second-order valence-corrected chi connectivity index (χ2v) is 8.15. The van der Waals surface area contributed by atoms with Crippen LogP contribution in [0, 0.1) is 5.92 Å². The summed E-state index contributed by atoms with van der Waals surface area (Å²) >= 11 is 3.43. The van der Waals surface area contributed by atoms with Crippen molar-refractivity contribution in [3.63, 3.8) is 0 Å². The molecule has 0 spiro atoms. The minimum absolute atomic E-state index is 0.0667. The number of ether oxygens (including phenoxy) is 1. The topological polar surface area (TPSA) is 67.4 Å². The van der Waals surface area contributed by atoms with Gasteiger partial charge in [-0.25, -0.2) is 9.97 Å². The van der Waals surface area contributed by atoms with E-state index < -0.39 is 0 Å². The third-order valence-corrected chi connectivity index (χ3v) is 5.60. The van der Waals surface area contributed by atoms with Crippen molar-refractivity contribution >= 4 is 27.7 Å². The number of nitrogens with zero attached hydrogens (tertiary/aromatic N) is 3. The van der Waals surface area contributed by atoms with Crippen LogP contribution < -0.4 is 15.0 Å². The Morgan fingerprint density at radius 2 is 1.87 bits per heavy atom. The SMILES string of the molecule is O=C(NCc1ccc(Br)cc1)C1CCCN(c2nccnc2Oc2ccccc2)C1. The number of halogens is 1. The van der Waals surface area contributed by atoms with Crippen molar-refractivity contribution in [3.8, 4) is 11.6 Å². The second-order valence-electron chi connectivity index (χ2n) is 7.23. The lowest BCUT2D eigenvalue weighted by molar-refractivity contribution is -0.125. The minimum atomic E-state index is -0.0965. The van der Waals surface area contributed by atoms with Gasteiger partial charge in [0.05, 0.1) is 5.92 Å². The zero-order valence-electron chi connectivity index (χ0n) is 16.5. The lowest BCUT2D eigenvalue weighted by Gasteiger charge is -2.33. The second kappa shape index (κ2) is 9.71. The Balaban J connectivity index is 1.41. The van der Waals surface area contributed by atoms with E-state index in [0.717, 1.165) is 29.4 Å². The number of carbonyl (C=O) groups is 1. The van der Waals surface area contributed by atoms with Gasteiger partial charge in [-0.2, -0.15) is 0 Å². The van der Waals surface area contributed by atoms with Gasteiger partial charge < -0.3 is 15.0 Å². The molecule has 4 rings (SSSR count). The number of piperidine rings is 1. The van der Waals surface area contributed by atoms with E-state index in [1.54, 1.807) is 12.4 Å². The number of amides is 1. The van der Waals surface area contributed by atoms with Gasteiger partial charge in [0.25, 0.3) is 5.88 Å². The molecule has 3 aromatic rings. The lowest BCUT2D eigenvalue weighted by Crippen LogP contribution is -2.43. The highest BCUT2D eigenvalue weighted by atomic mass is 79.9. The van der Waals surface area contributed by atoms with E-state index >= 15 is 0 Å². The van der Waals surface area contributed by atoms with Crippen LogP contribution in [-0.2, 0) is 11.3 Å². The molecular formula is C23H23BrN4O2. The summed E-state index contributed by atoms with van der Waals surface area (Å²) in [7, 11) is 0. The van der Waals surface area contributed by atoms with Crippen LogP contribution in [0.2, 0.25) is 0 Å². The number of benzene rings is 2. The highest BCUT2D eigenvalue weighted by Gasteiger charge is 2.28. The van der Waals surface area contributed by atoms with E-state index in [1.165, 1.54) is 0 Å². The van der Waals surface area contributed by atoms with Crippen molar-refractivity contribution in [2.45, 2.75) is 19.4 Å². The van der Waals surface area contributed by atoms with Gasteiger partial charge in [-0.15, -0.1) is 0 Å². The number of hydrogen-bond acceptors (Lipinski definition) is 5. The molecule has 154 valence electrons. The maximum Gasteiger partial charge on any atom is 0.263 e. The summed E-state index contributed by atoms with van der Waals surface area (Å²) < 4.78 is 6.98. The number of hydrogen-bond donors (Lipinski definition) is 1. The molecule has 1 unspecified atom stereocenters. The number of para-hydroxylation sites is 1. The summed E-state index contributed by atoms with van der Waals surface area (Å²) in [6.45, 7) is 1.94. The molecule has 0 radical (unpaired) electrons. The first-order chi connectivity index (χ1) is 14.7. The lowest BCUT2D eigenvalue weighted by atomic mass is 9.97. The molecule has 1 N–H and O–H groups in total. The van der Waals surface area contributed by atoms with Crippen LogP contribution in [0.4, 0.5) is 5.82 Å². The van der Waals surface area contributed by atoms with Gasteiger partial charge in [0.1, 0.15) is 5.75 Å². The van der Waals surface area contributed by atoms with Crippen LogP contribution in [-0.4, -0.2) is 29.0 Å². The number of anilines is 1. The molecule has 1 aliphatic rings. The highest BCUT2D eigenvalue weighted by Crippen LogP contribution is 2.31. The fraction of sp³-hybridized carbons (Fsp3) is 0.261. The van der Waals surface area contributed by atoms with Gasteiger partial charge in [0.15, 0.2) is 5.82 Å². The van der Waals surface area contributed by atoms with Crippen LogP contribution in [0.15, 0.2) is 71.5 Å². The molecular weight excluding hydrogens is 444 g/mol. The summed E-state index contributed by atoms with van der Waals surface area (Å²) in [4.78, 5) is 23.7. The monoisotopic (exact) mass is 466 g/mol. The number of carbonyl (C=O) groups excluding carboxylic acids is 1. The zero-order chi connectivity index (χ0) is 20.8. The fourth-order valence-corrected chi connectivity index (χ4v) is 3.79. The smallest absolute Gasteiger partial charge is 0.263 e. The predicted octanol–water partition coefficient (Wildman–Crippen LogP) is 4.56. The molecule has 2 aromatic carbocycles. The van der Waals surface area contributed by atoms with Gasteiger partial charge in [-0.3, -0.25) is 4.79 Å². The van der Waals surface area contributed by atoms with Gasteiger partial charge in [-0.1, -0.05) is 46.3 Å². The maximum atomic E-state index is 12.8. The molecule has 1 saturated heterocycles. The van der Waals surface area contributed by atoms with Crippen molar-refractivity contribution < 1.29 is 9.53 Å². The number of aromatic nitrogens is 2. The first-order valence-corrected chi connectivity index (χ1v) is 10.8. The van der Waals surface area contributed by atoms with E-state index in [9.17, 15) is 4.79 Å². The van der Waals surface area contributed by atoms with E-state index in [-0.39, 0.29) is 11.8 Å². The summed E-state index contributed by atoms with van der Waals surface area (Å²) in [5, 5.41) is 3.07. The first kappa shape index (κ1) is 20.3. The Kier molecular flexibility index (Phi) is 6.59. The molecule has 30 heavy (non-hydrogen) atoms. The number of rotatable bonds is 6. The standard InChI is InChI=1S/C23H23BrN4O2/c24-19-10-8-17(9-11-19)15-27-22(29)18-5-4-14-28(16-18)21-23(26-13-12-25-21)30-20-6-2-1-3-7-20/h1-3,6-13,18H,4-5,14-16H2,(H,27,29). The summed E-state index contributed by atoms with van der Waals surface area (Å²) in [6.07, 6.45) is 5.05. The molecule has 0 aliphatic carbocycles. The Morgan fingerprint density at radius 3 is 2.67 bits per heavy atom. The normalized spacial score (nSPS) is 16.2. The van der Waals surface area contributed by atoms with Crippen LogP contribution in [0.5, 0.6) is 11.6 Å².